The molecule has 0 aliphatic carbocycles. The Kier molecular flexibility index (Phi) is 4.99. The van der Waals surface area contributed by atoms with Crippen LogP contribution in [-0.2, 0) is 5.41 Å². The van der Waals surface area contributed by atoms with Gasteiger partial charge in [-0.15, -0.1) is 0 Å². The second-order valence-electron chi connectivity index (χ2n) is 7.18. The summed E-state index contributed by atoms with van der Waals surface area (Å²) < 4.78 is 11.4. The van der Waals surface area contributed by atoms with Crippen molar-refractivity contribution in [2.24, 2.45) is 0 Å². The van der Waals surface area contributed by atoms with Gasteiger partial charge in [0.1, 0.15) is 11.5 Å². The third-order valence-corrected chi connectivity index (χ3v) is 4.74. The minimum Gasteiger partial charge on any atom is -0.418 e. The lowest BCUT2D eigenvalue weighted by Gasteiger charge is -2.24. The summed E-state index contributed by atoms with van der Waals surface area (Å²) in [5.74, 6) is 1.25. The van der Waals surface area contributed by atoms with Gasteiger partial charge in [0, 0.05) is 5.56 Å². The molecule has 3 aromatic carbocycles. The molecule has 130 valence electrons. The number of aryl methyl sites for hydroxylation is 1. The highest BCUT2D eigenvalue weighted by Gasteiger charge is 2.22. The largest absolute Gasteiger partial charge is 0.460 e. The summed E-state index contributed by atoms with van der Waals surface area (Å²) in [6.45, 7) is 8.42. The Hall–Kier alpha value is -2.09. The molecule has 0 saturated carbocycles. The van der Waals surface area contributed by atoms with Gasteiger partial charge in [0.15, 0.2) is 0 Å². The van der Waals surface area contributed by atoms with Crippen molar-refractivity contribution >= 4 is 19.4 Å². The molecule has 1 unspecified atom stereocenters. The fourth-order valence-corrected chi connectivity index (χ4v) is 3.39. The van der Waals surface area contributed by atoms with Crippen LogP contribution in [0.25, 0.3) is 10.8 Å². The summed E-state index contributed by atoms with van der Waals surface area (Å²) in [4.78, 5) is 10.3. The molecule has 0 aliphatic rings. The first-order chi connectivity index (χ1) is 11.8. The summed E-state index contributed by atoms with van der Waals surface area (Å²) in [6, 6.07) is 19.7. The first-order valence-electron chi connectivity index (χ1n) is 8.28. The van der Waals surface area contributed by atoms with E-state index in [0.717, 1.165) is 21.9 Å². The van der Waals surface area contributed by atoms with Crippen LogP contribution in [0.5, 0.6) is 11.5 Å². The molecule has 1 atom stereocenters. The van der Waals surface area contributed by atoms with Gasteiger partial charge in [0.2, 0.25) is 0 Å². The summed E-state index contributed by atoms with van der Waals surface area (Å²) in [6.07, 6.45) is 0. The highest BCUT2D eigenvalue weighted by molar-refractivity contribution is 7.41. The molecule has 0 fully saturated rings. The Balaban J connectivity index is 1.79. The van der Waals surface area contributed by atoms with Gasteiger partial charge in [-0.25, -0.2) is 0 Å². The van der Waals surface area contributed by atoms with Crippen LogP contribution in [0.1, 0.15) is 31.9 Å². The van der Waals surface area contributed by atoms with Crippen LogP contribution >= 0.6 is 8.60 Å². The van der Waals surface area contributed by atoms with Gasteiger partial charge >= 0.3 is 8.60 Å². The first-order valence-corrected chi connectivity index (χ1v) is 9.41. The molecule has 25 heavy (non-hydrogen) atoms. The van der Waals surface area contributed by atoms with E-state index in [1.54, 1.807) is 0 Å². The van der Waals surface area contributed by atoms with E-state index in [-0.39, 0.29) is 5.41 Å². The average Bonchev–Trinajstić information content (AvgIpc) is 2.55. The van der Waals surface area contributed by atoms with Gasteiger partial charge in [-0.05, 0) is 41.3 Å². The summed E-state index contributed by atoms with van der Waals surface area (Å²) in [5, 5.41) is 2.20. The van der Waals surface area contributed by atoms with Gasteiger partial charge < -0.3 is 13.9 Å². The minimum atomic E-state index is -2.06. The summed E-state index contributed by atoms with van der Waals surface area (Å²) in [7, 11) is -2.06. The Morgan fingerprint density at radius 1 is 0.840 bits per heavy atom. The monoisotopic (exact) mass is 354 g/mol. The number of hydrogen-bond acceptors (Lipinski definition) is 3. The van der Waals surface area contributed by atoms with Crippen LogP contribution in [0.4, 0.5) is 0 Å². The topological polar surface area (TPSA) is 38.7 Å². The maximum atomic E-state index is 10.3. The van der Waals surface area contributed by atoms with E-state index in [4.69, 9.17) is 9.05 Å². The molecule has 0 saturated heterocycles. The molecule has 3 aromatic rings. The molecule has 0 radical (unpaired) electrons. The normalized spacial score (nSPS) is 12.8. The molecule has 0 amide bonds. The molecule has 1 N–H and O–H groups in total. The lowest BCUT2D eigenvalue weighted by atomic mass is 9.85. The van der Waals surface area contributed by atoms with Crippen LogP contribution in [0.2, 0.25) is 0 Å². The van der Waals surface area contributed by atoms with Crippen molar-refractivity contribution in [3.63, 3.8) is 0 Å². The van der Waals surface area contributed by atoms with Crippen LogP contribution < -0.4 is 9.05 Å². The number of rotatable bonds is 4. The summed E-state index contributed by atoms with van der Waals surface area (Å²) >= 11 is 0. The summed E-state index contributed by atoms with van der Waals surface area (Å²) in [5.41, 5.74) is 2.13. The maximum Gasteiger partial charge on any atom is 0.460 e. The Labute approximate surface area is 150 Å². The van der Waals surface area contributed by atoms with E-state index in [0.29, 0.717) is 11.5 Å². The highest BCUT2D eigenvalue weighted by atomic mass is 31.2. The Morgan fingerprint density at radius 2 is 1.56 bits per heavy atom. The van der Waals surface area contributed by atoms with Crippen LogP contribution in [-0.4, -0.2) is 4.89 Å². The van der Waals surface area contributed by atoms with Crippen molar-refractivity contribution < 1.29 is 13.9 Å². The van der Waals surface area contributed by atoms with Gasteiger partial charge in [-0.3, -0.25) is 0 Å². The van der Waals surface area contributed by atoms with E-state index in [9.17, 15) is 4.89 Å². The molecule has 0 spiro atoms. The lowest BCUT2D eigenvalue weighted by Crippen LogP contribution is -2.13. The van der Waals surface area contributed by atoms with Gasteiger partial charge in [0.05, 0.1) is 0 Å². The predicted molar refractivity (Wildman–Crippen MR) is 104 cm³/mol. The third-order valence-electron chi connectivity index (χ3n) is 4.02. The molecule has 0 heterocycles. The smallest absolute Gasteiger partial charge is 0.418 e. The van der Waals surface area contributed by atoms with E-state index in [1.807, 2.05) is 61.5 Å². The van der Waals surface area contributed by atoms with Crippen molar-refractivity contribution in [2.75, 3.05) is 0 Å². The fourth-order valence-electron chi connectivity index (χ4n) is 2.73. The molecule has 0 aliphatic heterocycles. The number of benzene rings is 3. The lowest BCUT2D eigenvalue weighted by molar-refractivity contribution is 0.376. The molecular weight excluding hydrogens is 331 g/mol. The van der Waals surface area contributed by atoms with Crippen LogP contribution in [0, 0.1) is 6.92 Å². The second-order valence-corrected chi connectivity index (χ2v) is 8.02. The SMILES string of the molecule is Cc1ccc(OP(O)Oc2ccc3ccccc3c2)c(C(C)(C)C)c1. The molecule has 3 rings (SSSR count). The predicted octanol–water partition coefficient (Wildman–Crippen LogP) is 6.12. The highest BCUT2D eigenvalue weighted by Crippen LogP contribution is 2.41. The van der Waals surface area contributed by atoms with Crippen molar-refractivity contribution in [1.29, 1.82) is 0 Å². The van der Waals surface area contributed by atoms with Crippen molar-refractivity contribution in [2.45, 2.75) is 33.1 Å². The number of hydrogen-bond donors (Lipinski definition) is 1. The van der Waals surface area contributed by atoms with Crippen molar-refractivity contribution in [1.82, 2.24) is 0 Å². The zero-order valence-corrected chi connectivity index (χ0v) is 15.9. The average molecular weight is 354 g/mol. The van der Waals surface area contributed by atoms with Crippen LogP contribution in [0.3, 0.4) is 0 Å². The maximum absolute atomic E-state index is 10.3. The van der Waals surface area contributed by atoms with Crippen LogP contribution in [0.15, 0.2) is 60.7 Å². The first kappa shape index (κ1) is 17.7. The van der Waals surface area contributed by atoms with E-state index < -0.39 is 8.60 Å². The van der Waals surface area contributed by atoms with Gasteiger partial charge in [-0.2, -0.15) is 0 Å². The van der Waals surface area contributed by atoms with Crippen molar-refractivity contribution in [3.05, 3.63) is 71.8 Å². The standard InChI is InChI=1S/C21H23O3P/c1-15-9-12-20(19(13-15)21(2,3)4)24-25(22)23-18-11-10-16-7-5-6-8-17(16)14-18/h5-14,22H,1-4H3. The van der Waals surface area contributed by atoms with E-state index in [1.165, 1.54) is 0 Å². The van der Waals surface area contributed by atoms with E-state index in [2.05, 4.69) is 26.8 Å². The zero-order valence-electron chi connectivity index (χ0n) is 15.0. The van der Waals surface area contributed by atoms with E-state index >= 15 is 0 Å². The minimum absolute atomic E-state index is 0.0829. The quantitative estimate of drug-likeness (QED) is 0.573. The second kappa shape index (κ2) is 7.03. The Bertz CT molecular complexity index is 884. The fraction of sp³-hybridized carbons (Fsp3) is 0.238. The molecular formula is C21H23O3P. The van der Waals surface area contributed by atoms with Crippen molar-refractivity contribution in [3.8, 4) is 11.5 Å². The third kappa shape index (κ3) is 4.31. The van der Waals surface area contributed by atoms with Gasteiger partial charge in [-0.1, -0.05) is 68.8 Å². The molecule has 0 bridgehead atoms. The molecule has 3 nitrogen and oxygen atoms in total. The van der Waals surface area contributed by atoms with Gasteiger partial charge in [0.25, 0.3) is 0 Å². The number of fused-ring (bicyclic) bond motifs is 1. The zero-order chi connectivity index (χ0) is 18.0. The molecule has 0 aromatic heterocycles. The molecule has 4 heteroatoms. The Morgan fingerprint density at radius 3 is 2.28 bits per heavy atom.